The normalized spacial score (nSPS) is 24.0. The molecule has 2 aliphatic heterocycles. The van der Waals surface area contributed by atoms with Gasteiger partial charge in [0.2, 0.25) is 0 Å². The van der Waals surface area contributed by atoms with Crippen LogP contribution < -0.4 is 15.6 Å². The fraction of sp³-hybridized carbons (Fsp3) is 0.435. The van der Waals surface area contributed by atoms with Crippen LogP contribution in [-0.2, 0) is 15.0 Å². The number of fused-ring (bicyclic) bond motifs is 2. The molecule has 6 rings (SSSR count). The number of hydrogen-bond donors (Lipinski definition) is 2. The zero-order valence-corrected chi connectivity index (χ0v) is 18.3. The van der Waals surface area contributed by atoms with E-state index in [1.54, 1.807) is 31.4 Å². The van der Waals surface area contributed by atoms with Crippen molar-refractivity contribution in [3.63, 3.8) is 0 Å². The van der Waals surface area contributed by atoms with Crippen LogP contribution in [-0.4, -0.2) is 52.7 Å². The van der Waals surface area contributed by atoms with E-state index >= 15 is 0 Å². The van der Waals surface area contributed by atoms with Crippen LogP contribution in [0.2, 0.25) is 0 Å². The Morgan fingerprint density at radius 3 is 2.91 bits per heavy atom. The predicted molar refractivity (Wildman–Crippen MR) is 118 cm³/mol. The number of methoxy groups -OCH3 is 1. The Morgan fingerprint density at radius 1 is 1.38 bits per heavy atom. The van der Waals surface area contributed by atoms with E-state index in [0.29, 0.717) is 24.5 Å². The van der Waals surface area contributed by atoms with E-state index in [1.165, 1.54) is 6.20 Å². The zero-order chi connectivity index (χ0) is 22.5. The van der Waals surface area contributed by atoms with Crippen molar-refractivity contribution < 1.29 is 19.0 Å². The van der Waals surface area contributed by atoms with E-state index in [0.717, 1.165) is 23.7 Å². The molecule has 2 saturated heterocycles. The average Bonchev–Trinajstić information content (AvgIpc) is 3.40. The molecule has 0 spiro atoms. The van der Waals surface area contributed by atoms with Crippen LogP contribution in [0.25, 0.3) is 10.9 Å². The summed E-state index contributed by atoms with van der Waals surface area (Å²) in [4.78, 5) is 27.6. The summed E-state index contributed by atoms with van der Waals surface area (Å²) in [5.41, 5.74) is 0.487. The average molecular weight is 438 g/mol. The summed E-state index contributed by atoms with van der Waals surface area (Å²) in [6.45, 7) is 4.95. The summed E-state index contributed by atoms with van der Waals surface area (Å²) in [5, 5.41) is 8.29. The van der Waals surface area contributed by atoms with Gasteiger partial charge >= 0.3 is 0 Å². The number of aromatic nitrogens is 3. The lowest BCUT2D eigenvalue weighted by Crippen LogP contribution is -2.53. The molecule has 1 aromatic carbocycles. The summed E-state index contributed by atoms with van der Waals surface area (Å²) < 4.78 is 19.2. The molecular weight excluding hydrogens is 412 g/mol. The number of aromatic amines is 1. The molecule has 3 aromatic rings. The highest BCUT2D eigenvalue weighted by Crippen LogP contribution is 2.56. The summed E-state index contributed by atoms with van der Waals surface area (Å²) >= 11 is 0. The van der Waals surface area contributed by atoms with Gasteiger partial charge in [-0.3, -0.25) is 14.3 Å². The van der Waals surface area contributed by atoms with Crippen molar-refractivity contribution in [2.75, 3.05) is 25.6 Å². The molecule has 0 radical (unpaired) electrons. The maximum Gasteiger partial charge on any atom is 0.271 e. The third-order valence-corrected chi connectivity index (χ3v) is 6.12. The van der Waals surface area contributed by atoms with Crippen LogP contribution in [0.5, 0.6) is 5.75 Å². The number of H-pyrrole nitrogens is 1. The van der Waals surface area contributed by atoms with Gasteiger partial charge in [0.05, 0.1) is 41.5 Å². The fourth-order valence-electron chi connectivity index (χ4n) is 4.81. The lowest BCUT2D eigenvalue weighted by Gasteiger charge is -2.43. The lowest BCUT2D eigenvalue weighted by atomic mass is 9.69. The minimum absolute atomic E-state index is 0.135. The van der Waals surface area contributed by atoms with Crippen molar-refractivity contribution in [3.8, 4) is 5.75 Å². The molecule has 1 aliphatic carbocycles. The number of amides is 1. The number of anilines is 1. The highest BCUT2D eigenvalue weighted by Gasteiger charge is 2.64. The number of benzene rings is 1. The number of nitrogens with one attached hydrogen (secondary N) is 2. The van der Waals surface area contributed by atoms with Crippen LogP contribution in [0.1, 0.15) is 37.0 Å². The SMILES string of the molecule is COCC12CC(n3cc4cc(C(=O)Nc5ccc[nH]c5=O)c(OC(C)C)cc4n3)(CO1)C2. The number of ether oxygens (including phenoxy) is 3. The first-order valence-electron chi connectivity index (χ1n) is 10.7. The number of carbonyl (C=O) groups is 1. The lowest BCUT2D eigenvalue weighted by molar-refractivity contribution is -0.0694. The van der Waals surface area contributed by atoms with Crippen LogP contribution in [0, 0.1) is 0 Å². The highest BCUT2D eigenvalue weighted by atomic mass is 16.6. The molecule has 9 heteroatoms. The number of carbonyl (C=O) groups excluding carboxylic acids is 1. The van der Waals surface area contributed by atoms with E-state index in [-0.39, 0.29) is 28.5 Å². The molecule has 2 N–H and O–H groups in total. The zero-order valence-electron chi connectivity index (χ0n) is 18.3. The van der Waals surface area contributed by atoms with Gasteiger partial charge in [-0.05, 0) is 32.0 Å². The molecular formula is C23H26N4O5. The number of hydrogen-bond acceptors (Lipinski definition) is 6. The molecule has 2 bridgehead atoms. The van der Waals surface area contributed by atoms with E-state index in [9.17, 15) is 9.59 Å². The largest absolute Gasteiger partial charge is 0.490 e. The van der Waals surface area contributed by atoms with Crippen LogP contribution in [0.15, 0.2) is 41.5 Å². The number of rotatable bonds is 7. The molecule has 0 unspecified atom stereocenters. The summed E-state index contributed by atoms with van der Waals surface area (Å²) in [7, 11) is 1.69. The number of nitrogens with zero attached hydrogens (tertiary/aromatic N) is 2. The van der Waals surface area contributed by atoms with Gasteiger partial charge in [0, 0.05) is 43.8 Å². The van der Waals surface area contributed by atoms with Gasteiger partial charge in [0.25, 0.3) is 11.5 Å². The Hall–Kier alpha value is -3.17. The van der Waals surface area contributed by atoms with E-state index in [4.69, 9.17) is 19.3 Å². The number of pyridine rings is 1. The summed E-state index contributed by atoms with van der Waals surface area (Å²) in [6, 6.07) is 6.75. The van der Waals surface area contributed by atoms with Gasteiger partial charge in [0.15, 0.2) is 0 Å². The molecule has 4 heterocycles. The Labute approximate surface area is 184 Å². The first-order valence-corrected chi connectivity index (χ1v) is 10.7. The Bertz CT molecular complexity index is 1240. The van der Waals surface area contributed by atoms with Crippen LogP contribution >= 0.6 is 0 Å². The van der Waals surface area contributed by atoms with Gasteiger partial charge in [-0.1, -0.05) is 0 Å². The summed E-state index contributed by atoms with van der Waals surface area (Å²) in [6.07, 6.45) is 5.03. The van der Waals surface area contributed by atoms with Crippen molar-refractivity contribution in [1.29, 1.82) is 0 Å². The highest BCUT2D eigenvalue weighted by molar-refractivity contribution is 6.08. The van der Waals surface area contributed by atoms with E-state index in [1.807, 2.05) is 24.7 Å². The predicted octanol–water partition coefficient (Wildman–Crippen LogP) is 2.67. The monoisotopic (exact) mass is 438 g/mol. The van der Waals surface area contributed by atoms with Crippen molar-refractivity contribution in [2.24, 2.45) is 0 Å². The second-order valence-corrected chi connectivity index (χ2v) is 9.00. The minimum Gasteiger partial charge on any atom is -0.490 e. The van der Waals surface area contributed by atoms with Crippen molar-refractivity contribution in [2.45, 2.75) is 43.9 Å². The molecule has 32 heavy (non-hydrogen) atoms. The third-order valence-electron chi connectivity index (χ3n) is 6.12. The molecule has 2 aromatic heterocycles. The van der Waals surface area contributed by atoms with Gasteiger partial charge < -0.3 is 24.5 Å². The van der Waals surface area contributed by atoms with Crippen LogP contribution in [0.3, 0.4) is 0 Å². The minimum atomic E-state index is -0.419. The second kappa shape index (κ2) is 7.46. The Kier molecular flexibility index (Phi) is 4.83. The Balaban J connectivity index is 1.49. The molecule has 0 atom stereocenters. The van der Waals surface area contributed by atoms with Gasteiger partial charge in [-0.2, -0.15) is 5.10 Å². The standard InChI is InChI=1S/C23H26N4O5/c1-14(2)32-19-8-18-15(7-16(19)20(28)25-17-5-4-6-24-21(17)29)9-27(26-18)22-10-23(11-22,13-30-3)31-12-22/h4-9,14H,10-13H2,1-3H3,(H,24,29)(H,25,28). The fourth-order valence-corrected chi connectivity index (χ4v) is 4.81. The quantitative estimate of drug-likeness (QED) is 0.587. The van der Waals surface area contributed by atoms with Crippen molar-refractivity contribution in [3.05, 3.63) is 52.6 Å². The topological polar surface area (TPSA) is 107 Å². The van der Waals surface area contributed by atoms with E-state index < -0.39 is 5.91 Å². The molecule has 168 valence electrons. The maximum absolute atomic E-state index is 13.1. The second-order valence-electron chi connectivity index (χ2n) is 9.00. The smallest absolute Gasteiger partial charge is 0.271 e. The van der Waals surface area contributed by atoms with Crippen molar-refractivity contribution >= 4 is 22.5 Å². The first kappa shape index (κ1) is 20.7. The molecule has 3 aliphatic rings. The van der Waals surface area contributed by atoms with E-state index in [2.05, 4.69) is 10.3 Å². The van der Waals surface area contributed by atoms with Gasteiger partial charge in [-0.15, -0.1) is 0 Å². The molecule has 9 nitrogen and oxygen atoms in total. The third kappa shape index (κ3) is 3.37. The molecule has 1 amide bonds. The molecule has 1 saturated carbocycles. The molecule has 3 fully saturated rings. The Morgan fingerprint density at radius 2 is 2.19 bits per heavy atom. The maximum atomic E-state index is 13.1. The summed E-state index contributed by atoms with van der Waals surface area (Å²) in [5.74, 6) is 0.00207. The first-order chi connectivity index (χ1) is 15.3. The van der Waals surface area contributed by atoms with Crippen molar-refractivity contribution in [1.82, 2.24) is 14.8 Å². The van der Waals surface area contributed by atoms with Crippen LogP contribution in [0.4, 0.5) is 5.69 Å². The van der Waals surface area contributed by atoms with Gasteiger partial charge in [-0.25, -0.2) is 0 Å². The van der Waals surface area contributed by atoms with Gasteiger partial charge in [0.1, 0.15) is 11.4 Å².